The molecule has 0 radical (unpaired) electrons. The van der Waals surface area contributed by atoms with Crippen LogP contribution in [-0.4, -0.2) is 21.3 Å². The van der Waals surface area contributed by atoms with Crippen LogP contribution in [0.5, 0.6) is 0 Å². The average Bonchev–Trinajstić information content (AvgIpc) is 2.78. The van der Waals surface area contributed by atoms with Gasteiger partial charge in [0.15, 0.2) is 5.78 Å². The molecule has 1 aromatic carbocycles. The summed E-state index contributed by atoms with van der Waals surface area (Å²) in [5.74, 6) is 0.498. The molecule has 0 amide bonds. The fraction of sp³-hybridized carbons (Fsp3) is 0.286. The highest BCUT2D eigenvalue weighted by molar-refractivity contribution is 9.10. The molecule has 0 spiro atoms. The second-order valence-corrected chi connectivity index (χ2v) is 7.05. The van der Waals surface area contributed by atoms with Gasteiger partial charge in [0.05, 0.1) is 16.4 Å². The van der Waals surface area contributed by atoms with Gasteiger partial charge in [-0.2, -0.15) is 5.10 Å². The summed E-state index contributed by atoms with van der Waals surface area (Å²) in [5, 5.41) is 4.23. The first-order valence-corrected chi connectivity index (χ1v) is 8.82. The Morgan fingerprint density at radius 3 is 2.90 bits per heavy atom. The van der Waals surface area contributed by atoms with Crippen molar-refractivity contribution in [1.82, 2.24) is 9.78 Å². The number of aromatic nitrogens is 2. The van der Waals surface area contributed by atoms with Crippen LogP contribution in [0.4, 0.5) is 0 Å². The topological polar surface area (TPSA) is 34.9 Å². The predicted octanol–water partition coefficient (Wildman–Crippen LogP) is 4.79. The van der Waals surface area contributed by atoms with Crippen molar-refractivity contribution in [2.45, 2.75) is 24.8 Å². The second kappa shape index (κ2) is 7.43. The average molecular weight is 418 g/mol. The molecule has 6 heteroatoms. The Morgan fingerprint density at radius 2 is 2.20 bits per heavy atom. The first-order valence-electron chi connectivity index (χ1n) is 6.24. The molecular formula is C14H14Br2N2OS. The molecule has 0 saturated carbocycles. The maximum Gasteiger partial charge on any atom is 0.192 e. The lowest BCUT2D eigenvalue weighted by Gasteiger charge is -2.06. The van der Waals surface area contributed by atoms with Crippen LogP contribution in [-0.2, 0) is 6.54 Å². The number of Topliss-reactive ketones (excluding diaryl/α,β-unsaturated/α-hetero) is 1. The van der Waals surface area contributed by atoms with Gasteiger partial charge in [0, 0.05) is 15.9 Å². The van der Waals surface area contributed by atoms with Gasteiger partial charge >= 0.3 is 0 Å². The lowest BCUT2D eigenvalue weighted by molar-refractivity contribution is 0.101. The largest absolute Gasteiger partial charge is 0.291 e. The lowest BCUT2D eigenvalue weighted by atomic mass is 10.3. The number of aryl methyl sites for hydroxylation is 1. The molecule has 20 heavy (non-hydrogen) atoms. The highest BCUT2D eigenvalue weighted by atomic mass is 79.9. The number of carbonyl (C=O) groups excluding carboxylic acids is 1. The zero-order valence-corrected chi connectivity index (χ0v) is 15.0. The van der Waals surface area contributed by atoms with Crippen molar-refractivity contribution in [2.75, 3.05) is 5.75 Å². The van der Waals surface area contributed by atoms with Crippen molar-refractivity contribution < 1.29 is 4.79 Å². The summed E-state index contributed by atoms with van der Waals surface area (Å²) in [6, 6.07) is 7.95. The van der Waals surface area contributed by atoms with Gasteiger partial charge in [0.25, 0.3) is 0 Å². The summed E-state index contributed by atoms with van der Waals surface area (Å²) < 4.78 is 3.56. The van der Waals surface area contributed by atoms with E-state index in [9.17, 15) is 4.79 Å². The molecule has 3 nitrogen and oxygen atoms in total. The Hall–Kier alpha value is -0.590. The minimum atomic E-state index is 0.0906. The van der Waals surface area contributed by atoms with Gasteiger partial charge in [0.1, 0.15) is 5.69 Å². The molecule has 0 aliphatic rings. The second-order valence-electron chi connectivity index (χ2n) is 4.23. The van der Waals surface area contributed by atoms with E-state index in [-0.39, 0.29) is 5.78 Å². The SMILES string of the molecule is CCCn1ncc(Br)c1C(=O)CSc1cccc(Br)c1. The van der Waals surface area contributed by atoms with Crippen LogP contribution in [0.3, 0.4) is 0 Å². The smallest absolute Gasteiger partial charge is 0.192 e. The van der Waals surface area contributed by atoms with Gasteiger partial charge in [-0.15, -0.1) is 11.8 Å². The molecule has 2 aromatic rings. The molecule has 0 unspecified atom stereocenters. The number of rotatable bonds is 6. The monoisotopic (exact) mass is 416 g/mol. The van der Waals surface area contributed by atoms with Crippen LogP contribution in [0, 0.1) is 0 Å². The Balaban J connectivity index is 2.07. The predicted molar refractivity (Wildman–Crippen MR) is 89.4 cm³/mol. The van der Waals surface area contributed by atoms with E-state index in [1.165, 1.54) is 11.8 Å². The van der Waals surface area contributed by atoms with Gasteiger partial charge in [-0.1, -0.05) is 28.9 Å². The molecule has 0 aliphatic carbocycles. The molecule has 0 saturated heterocycles. The minimum absolute atomic E-state index is 0.0906. The Kier molecular flexibility index (Phi) is 5.86. The van der Waals surface area contributed by atoms with Gasteiger partial charge < -0.3 is 0 Å². The zero-order chi connectivity index (χ0) is 14.5. The highest BCUT2D eigenvalue weighted by Crippen LogP contribution is 2.24. The fourth-order valence-corrected chi connectivity index (χ4v) is 3.68. The molecule has 0 fully saturated rings. The number of hydrogen-bond acceptors (Lipinski definition) is 3. The molecule has 0 aliphatic heterocycles. The normalized spacial score (nSPS) is 10.8. The van der Waals surface area contributed by atoms with Gasteiger partial charge in [-0.05, 0) is 40.5 Å². The summed E-state index contributed by atoms with van der Waals surface area (Å²) in [6.07, 6.45) is 2.64. The van der Waals surface area contributed by atoms with E-state index in [2.05, 4.69) is 43.9 Å². The van der Waals surface area contributed by atoms with E-state index < -0.39 is 0 Å². The van der Waals surface area contributed by atoms with Crippen molar-refractivity contribution in [3.63, 3.8) is 0 Å². The number of carbonyl (C=O) groups is 1. The van der Waals surface area contributed by atoms with E-state index in [1.54, 1.807) is 10.9 Å². The third-order valence-corrected chi connectivity index (χ3v) is 4.73. The molecule has 0 atom stereocenters. The summed E-state index contributed by atoms with van der Waals surface area (Å²) in [5.41, 5.74) is 0.661. The summed E-state index contributed by atoms with van der Waals surface area (Å²) in [7, 11) is 0. The maximum atomic E-state index is 12.4. The van der Waals surface area contributed by atoms with Gasteiger partial charge in [-0.25, -0.2) is 0 Å². The van der Waals surface area contributed by atoms with Crippen molar-refractivity contribution in [3.8, 4) is 0 Å². The van der Waals surface area contributed by atoms with E-state index in [0.29, 0.717) is 11.4 Å². The van der Waals surface area contributed by atoms with E-state index in [1.807, 2.05) is 24.3 Å². The van der Waals surface area contributed by atoms with Gasteiger partial charge in [0.2, 0.25) is 0 Å². The fourth-order valence-electron chi connectivity index (χ4n) is 1.80. The van der Waals surface area contributed by atoms with Crippen LogP contribution < -0.4 is 0 Å². The van der Waals surface area contributed by atoms with Crippen LogP contribution >= 0.6 is 43.6 Å². The molecule has 0 bridgehead atoms. The van der Waals surface area contributed by atoms with E-state index in [0.717, 1.165) is 26.8 Å². The number of thioether (sulfide) groups is 1. The third kappa shape index (κ3) is 3.96. The molecule has 106 valence electrons. The van der Waals surface area contributed by atoms with E-state index in [4.69, 9.17) is 0 Å². The van der Waals surface area contributed by atoms with Gasteiger partial charge in [-0.3, -0.25) is 9.48 Å². The van der Waals surface area contributed by atoms with E-state index >= 15 is 0 Å². The Labute approximate surface area is 139 Å². The van der Waals surface area contributed by atoms with Crippen molar-refractivity contribution in [3.05, 3.63) is 45.1 Å². The zero-order valence-electron chi connectivity index (χ0n) is 11.0. The quantitative estimate of drug-likeness (QED) is 0.500. The van der Waals surface area contributed by atoms with Crippen LogP contribution in [0.1, 0.15) is 23.8 Å². The van der Waals surface area contributed by atoms with Crippen molar-refractivity contribution >= 4 is 49.4 Å². The summed E-state index contributed by atoms with van der Waals surface area (Å²) >= 11 is 8.37. The minimum Gasteiger partial charge on any atom is -0.291 e. The third-order valence-electron chi connectivity index (χ3n) is 2.66. The molecule has 1 heterocycles. The number of benzene rings is 1. The first kappa shape index (κ1) is 15.8. The number of ketones is 1. The van der Waals surface area contributed by atoms with Crippen LogP contribution in [0.15, 0.2) is 44.3 Å². The molecule has 0 N–H and O–H groups in total. The number of halogens is 2. The highest BCUT2D eigenvalue weighted by Gasteiger charge is 2.16. The molecular weight excluding hydrogens is 404 g/mol. The maximum absolute atomic E-state index is 12.4. The standard InChI is InChI=1S/C14H14Br2N2OS/c1-2-6-18-14(12(16)8-17-18)13(19)9-20-11-5-3-4-10(15)7-11/h3-5,7-8H,2,6,9H2,1H3. The number of hydrogen-bond donors (Lipinski definition) is 0. The van der Waals surface area contributed by atoms with Crippen LogP contribution in [0.25, 0.3) is 0 Å². The summed E-state index contributed by atoms with van der Waals surface area (Å²) in [4.78, 5) is 13.4. The molecule has 1 aromatic heterocycles. The van der Waals surface area contributed by atoms with Crippen molar-refractivity contribution in [1.29, 1.82) is 0 Å². The Bertz CT molecular complexity index is 613. The Morgan fingerprint density at radius 1 is 1.40 bits per heavy atom. The van der Waals surface area contributed by atoms with Crippen LogP contribution in [0.2, 0.25) is 0 Å². The first-order chi connectivity index (χ1) is 9.61. The summed E-state index contributed by atoms with van der Waals surface area (Å²) in [6.45, 7) is 2.83. The molecule has 2 rings (SSSR count). The number of nitrogens with zero attached hydrogens (tertiary/aromatic N) is 2. The van der Waals surface area contributed by atoms with Crippen molar-refractivity contribution in [2.24, 2.45) is 0 Å². The lowest BCUT2D eigenvalue weighted by Crippen LogP contribution is -2.12.